The molecule has 0 atom stereocenters. The maximum atomic E-state index is 10.6. The van der Waals surface area contributed by atoms with Crippen molar-refractivity contribution in [1.82, 2.24) is 14.7 Å². The Morgan fingerprint density at radius 2 is 2.50 bits per heavy atom. The number of hydrogen-bond acceptors (Lipinski definition) is 3. The van der Waals surface area contributed by atoms with E-state index >= 15 is 0 Å². The molecule has 1 rings (SSSR count). The molecule has 0 aliphatic heterocycles. The summed E-state index contributed by atoms with van der Waals surface area (Å²) in [5, 5.41) is 12.8. The van der Waals surface area contributed by atoms with Gasteiger partial charge in [-0.15, -0.1) is 6.42 Å². The van der Waals surface area contributed by atoms with Crippen molar-refractivity contribution in [2.45, 2.75) is 20.0 Å². The fraction of sp³-hybridized carbons (Fsp3) is 0.455. The van der Waals surface area contributed by atoms with Gasteiger partial charge < -0.3 is 5.11 Å². The van der Waals surface area contributed by atoms with Crippen molar-refractivity contribution in [3.63, 3.8) is 0 Å². The lowest BCUT2D eigenvalue weighted by Crippen LogP contribution is -2.29. The first-order valence-electron chi connectivity index (χ1n) is 5.04. The predicted octanol–water partition coefficient (Wildman–Crippen LogP) is 0.423. The minimum absolute atomic E-state index is 0.0541. The quantitative estimate of drug-likeness (QED) is 0.707. The van der Waals surface area contributed by atoms with E-state index in [1.54, 1.807) is 15.8 Å². The van der Waals surface area contributed by atoms with Crippen LogP contribution >= 0.6 is 0 Å². The third-order valence-corrected chi connectivity index (χ3v) is 2.09. The minimum atomic E-state index is -0.877. The molecule has 16 heavy (non-hydrogen) atoms. The van der Waals surface area contributed by atoms with E-state index in [0.717, 1.165) is 12.1 Å². The number of carboxylic acid groups (broad SMARTS) is 1. The van der Waals surface area contributed by atoms with E-state index in [9.17, 15) is 4.79 Å². The van der Waals surface area contributed by atoms with Gasteiger partial charge in [-0.25, -0.2) is 0 Å². The van der Waals surface area contributed by atoms with Gasteiger partial charge >= 0.3 is 5.97 Å². The van der Waals surface area contributed by atoms with Crippen LogP contribution in [0.5, 0.6) is 0 Å². The van der Waals surface area contributed by atoms with Crippen LogP contribution in [0, 0.1) is 12.3 Å². The molecule has 0 spiro atoms. The van der Waals surface area contributed by atoms with Gasteiger partial charge in [0.2, 0.25) is 0 Å². The van der Waals surface area contributed by atoms with E-state index in [-0.39, 0.29) is 6.54 Å². The summed E-state index contributed by atoms with van der Waals surface area (Å²) < 4.78 is 1.80. The van der Waals surface area contributed by atoms with Gasteiger partial charge in [-0.3, -0.25) is 14.4 Å². The first kappa shape index (κ1) is 12.3. The van der Waals surface area contributed by atoms with Crippen LogP contribution in [0.1, 0.15) is 12.5 Å². The normalized spacial score (nSPS) is 10.3. The number of carbonyl (C=O) groups is 1. The third kappa shape index (κ3) is 3.75. The van der Waals surface area contributed by atoms with Crippen LogP contribution in [-0.2, 0) is 17.9 Å². The van der Waals surface area contributed by atoms with E-state index in [0.29, 0.717) is 13.1 Å². The molecule has 5 nitrogen and oxygen atoms in total. The molecule has 0 bridgehead atoms. The molecule has 0 unspecified atom stereocenters. The van der Waals surface area contributed by atoms with Crippen molar-refractivity contribution in [3.05, 3.63) is 18.0 Å². The highest BCUT2D eigenvalue weighted by molar-refractivity contribution is 5.69. The van der Waals surface area contributed by atoms with Crippen LogP contribution in [-0.4, -0.2) is 38.8 Å². The summed E-state index contributed by atoms with van der Waals surface area (Å²) in [6.07, 6.45) is 8.81. The average molecular weight is 221 g/mol. The van der Waals surface area contributed by atoms with E-state index in [4.69, 9.17) is 11.5 Å². The standard InChI is InChI=1S/C11H15N3O2/c1-3-5-13(9-11(15)16)7-10-6-12-14(4-2)8-10/h1,6,8H,4-5,7,9H2,2H3,(H,15,16). The van der Waals surface area contributed by atoms with E-state index < -0.39 is 5.97 Å². The maximum absolute atomic E-state index is 10.6. The second-order valence-corrected chi connectivity index (χ2v) is 3.45. The highest BCUT2D eigenvalue weighted by Gasteiger charge is 2.10. The van der Waals surface area contributed by atoms with Crippen molar-refractivity contribution < 1.29 is 9.90 Å². The summed E-state index contributed by atoms with van der Waals surface area (Å²) >= 11 is 0. The lowest BCUT2D eigenvalue weighted by molar-refractivity contribution is -0.138. The van der Waals surface area contributed by atoms with Gasteiger partial charge in [0.25, 0.3) is 0 Å². The first-order valence-corrected chi connectivity index (χ1v) is 5.04. The lowest BCUT2D eigenvalue weighted by Gasteiger charge is -2.15. The Morgan fingerprint density at radius 1 is 1.75 bits per heavy atom. The number of hydrogen-bond donors (Lipinski definition) is 1. The third-order valence-electron chi connectivity index (χ3n) is 2.09. The Kier molecular flexibility index (Phi) is 4.55. The van der Waals surface area contributed by atoms with Crippen LogP contribution in [0.3, 0.4) is 0 Å². The van der Waals surface area contributed by atoms with Crippen LogP contribution in [0.25, 0.3) is 0 Å². The van der Waals surface area contributed by atoms with Crippen LogP contribution in [0.2, 0.25) is 0 Å². The molecule has 0 saturated carbocycles. The molecular weight excluding hydrogens is 206 g/mol. The van der Waals surface area contributed by atoms with Crippen molar-refractivity contribution in [3.8, 4) is 12.3 Å². The van der Waals surface area contributed by atoms with Crippen molar-refractivity contribution in [2.24, 2.45) is 0 Å². The summed E-state index contributed by atoms with van der Waals surface area (Å²) in [4.78, 5) is 12.3. The molecule has 86 valence electrons. The SMILES string of the molecule is C#CCN(CC(=O)O)Cc1cnn(CC)c1. The number of carboxylic acids is 1. The zero-order chi connectivity index (χ0) is 12.0. The fourth-order valence-electron chi connectivity index (χ4n) is 1.41. The zero-order valence-electron chi connectivity index (χ0n) is 9.26. The molecular formula is C11H15N3O2. The van der Waals surface area contributed by atoms with Crippen molar-refractivity contribution in [2.75, 3.05) is 13.1 Å². The van der Waals surface area contributed by atoms with Gasteiger partial charge in [-0.05, 0) is 6.92 Å². The Hall–Kier alpha value is -1.80. The highest BCUT2D eigenvalue weighted by Crippen LogP contribution is 2.03. The molecule has 0 saturated heterocycles. The Balaban J connectivity index is 2.60. The molecule has 0 fully saturated rings. The number of rotatable bonds is 6. The largest absolute Gasteiger partial charge is 0.480 e. The molecule has 1 heterocycles. The molecule has 1 N–H and O–H groups in total. The second kappa shape index (κ2) is 5.93. The van der Waals surface area contributed by atoms with Gasteiger partial charge in [0.05, 0.1) is 19.3 Å². The number of terminal acetylenes is 1. The second-order valence-electron chi connectivity index (χ2n) is 3.45. The molecule has 0 amide bonds. The molecule has 1 aromatic heterocycles. The van der Waals surface area contributed by atoms with Crippen molar-refractivity contribution in [1.29, 1.82) is 0 Å². The Bertz CT molecular complexity index is 392. The maximum Gasteiger partial charge on any atom is 0.317 e. The summed E-state index contributed by atoms with van der Waals surface area (Å²) in [5.41, 5.74) is 0.971. The van der Waals surface area contributed by atoms with Gasteiger partial charge in [0.15, 0.2) is 0 Å². The van der Waals surface area contributed by atoms with E-state index in [2.05, 4.69) is 11.0 Å². The number of aromatic nitrogens is 2. The Morgan fingerprint density at radius 3 is 3.00 bits per heavy atom. The Labute approximate surface area is 94.7 Å². The van der Waals surface area contributed by atoms with Crippen LogP contribution in [0.4, 0.5) is 0 Å². The summed E-state index contributed by atoms with van der Waals surface area (Å²) in [5.74, 6) is 1.57. The monoisotopic (exact) mass is 221 g/mol. The average Bonchev–Trinajstić information content (AvgIpc) is 2.65. The molecule has 0 aromatic carbocycles. The highest BCUT2D eigenvalue weighted by atomic mass is 16.4. The minimum Gasteiger partial charge on any atom is -0.480 e. The summed E-state index contributed by atoms with van der Waals surface area (Å²) in [7, 11) is 0. The van der Waals surface area contributed by atoms with Crippen LogP contribution in [0.15, 0.2) is 12.4 Å². The molecule has 0 aliphatic rings. The molecule has 1 aromatic rings. The van der Waals surface area contributed by atoms with Crippen LogP contribution < -0.4 is 0 Å². The lowest BCUT2D eigenvalue weighted by atomic mass is 10.3. The fourth-order valence-corrected chi connectivity index (χ4v) is 1.41. The van der Waals surface area contributed by atoms with Gasteiger partial charge in [-0.2, -0.15) is 5.10 Å². The van der Waals surface area contributed by atoms with E-state index in [1.807, 2.05) is 13.1 Å². The van der Waals surface area contributed by atoms with Gasteiger partial charge in [-0.1, -0.05) is 5.92 Å². The topological polar surface area (TPSA) is 58.4 Å². The zero-order valence-corrected chi connectivity index (χ0v) is 9.26. The number of nitrogens with zero attached hydrogens (tertiary/aromatic N) is 3. The molecule has 0 aliphatic carbocycles. The van der Waals surface area contributed by atoms with E-state index in [1.165, 1.54) is 0 Å². The first-order chi connectivity index (χ1) is 7.65. The van der Waals surface area contributed by atoms with Gasteiger partial charge in [0.1, 0.15) is 0 Å². The number of aliphatic carboxylic acids is 1. The van der Waals surface area contributed by atoms with Crippen molar-refractivity contribution >= 4 is 5.97 Å². The summed E-state index contributed by atoms with van der Waals surface area (Å²) in [6.45, 7) is 3.57. The summed E-state index contributed by atoms with van der Waals surface area (Å²) in [6, 6.07) is 0. The van der Waals surface area contributed by atoms with Gasteiger partial charge in [0, 0.05) is 24.8 Å². The number of aryl methyl sites for hydroxylation is 1. The smallest absolute Gasteiger partial charge is 0.317 e. The molecule has 5 heteroatoms. The predicted molar refractivity (Wildman–Crippen MR) is 59.6 cm³/mol. The molecule has 0 radical (unpaired) electrons.